The fourth-order valence-electron chi connectivity index (χ4n) is 2.00. The Bertz CT molecular complexity index is 404. The van der Waals surface area contributed by atoms with Crippen LogP contribution in [0.25, 0.3) is 0 Å². The number of fused-ring (bicyclic) bond motifs is 1. The lowest BCUT2D eigenvalue weighted by Crippen LogP contribution is -2.33. The van der Waals surface area contributed by atoms with E-state index in [0.29, 0.717) is 18.9 Å². The van der Waals surface area contributed by atoms with E-state index in [-0.39, 0.29) is 24.5 Å². The van der Waals surface area contributed by atoms with Crippen molar-refractivity contribution in [1.82, 2.24) is 5.32 Å². The standard InChI is InChI=1S/C11H12FNO3/c12-8-2-1-7(9-5-13-3-4-14-9)10-11(8)16-6-15-10/h1-2,9,13H,3-6H2. The fourth-order valence-corrected chi connectivity index (χ4v) is 2.00. The summed E-state index contributed by atoms with van der Waals surface area (Å²) in [6, 6.07) is 3.08. The van der Waals surface area contributed by atoms with Gasteiger partial charge < -0.3 is 19.5 Å². The van der Waals surface area contributed by atoms with E-state index in [4.69, 9.17) is 14.2 Å². The molecule has 0 saturated carbocycles. The van der Waals surface area contributed by atoms with E-state index in [1.807, 2.05) is 0 Å². The van der Waals surface area contributed by atoms with E-state index in [2.05, 4.69) is 5.32 Å². The fraction of sp³-hybridized carbons (Fsp3) is 0.455. The lowest BCUT2D eigenvalue weighted by atomic mass is 10.1. The van der Waals surface area contributed by atoms with Crippen molar-refractivity contribution in [3.05, 3.63) is 23.5 Å². The van der Waals surface area contributed by atoms with Crippen molar-refractivity contribution in [3.63, 3.8) is 0 Å². The molecular weight excluding hydrogens is 213 g/mol. The number of halogens is 1. The van der Waals surface area contributed by atoms with Crippen LogP contribution < -0.4 is 14.8 Å². The van der Waals surface area contributed by atoms with Crippen LogP contribution in [-0.2, 0) is 4.74 Å². The van der Waals surface area contributed by atoms with Crippen LogP contribution in [0.4, 0.5) is 4.39 Å². The van der Waals surface area contributed by atoms with Crippen molar-refractivity contribution >= 4 is 0 Å². The summed E-state index contributed by atoms with van der Waals surface area (Å²) in [6.07, 6.45) is -0.0928. The van der Waals surface area contributed by atoms with Gasteiger partial charge in [-0.2, -0.15) is 0 Å². The lowest BCUT2D eigenvalue weighted by molar-refractivity contribution is 0.0259. The Morgan fingerprint density at radius 2 is 2.12 bits per heavy atom. The molecule has 5 heteroatoms. The lowest BCUT2D eigenvalue weighted by Gasteiger charge is -2.24. The molecule has 0 amide bonds. The number of hydrogen-bond acceptors (Lipinski definition) is 4. The molecule has 0 aromatic heterocycles. The van der Waals surface area contributed by atoms with Gasteiger partial charge in [-0.25, -0.2) is 4.39 Å². The average molecular weight is 225 g/mol. The molecule has 2 aliphatic rings. The van der Waals surface area contributed by atoms with Gasteiger partial charge in [-0.05, 0) is 12.1 Å². The highest BCUT2D eigenvalue weighted by atomic mass is 19.1. The third kappa shape index (κ3) is 1.52. The van der Waals surface area contributed by atoms with Crippen LogP contribution in [0.15, 0.2) is 12.1 Å². The molecule has 0 bridgehead atoms. The Morgan fingerprint density at radius 1 is 1.25 bits per heavy atom. The smallest absolute Gasteiger partial charge is 0.231 e. The van der Waals surface area contributed by atoms with E-state index in [1.165, 1.54) is 6.07 Å². The molecule has 1 N–H and O–H groups in total. The molecule has 1 fully saturated rings. The van der Waals surface area contributed by atoms with Gasteiger partial charge in [0.1, 0.15) is 0 Å². The molecule has 1 atom stereocenters. The average Bonchev–Trinajstić information content (AvgIpc) is 2.81. The highest BCUT2D eigenvalue weighted by Gasteiger charge is 2.27. The summed E-state index contributed by atoms with van der Waals surface area (Å²) in [4.78, 5) is 0. The van der Waals surface area contributed by atoms with Crippen LogP contribution >= 0.6 is 0 Å². The molecule has 1 unspecified atom stereocenters. The maximum Gasteiger partial charge on any atom is 0.231 e. The second-order valence-corrected chi connectivity index (χ2v) is 3.76. The number of ether oxygens (including phenoxy) is 3. The number of morpholine rings is 1. The molecule has 2 aliphatic heterocycles. The largest absolute Gasteiger partial charge is 0.453 e. The molecule has 4 nitrogen and oxygen atoms in total. The molecule has 0 spiro atoms. The molecule has 0 radical (unpaired) electrons. The van der Waals surface area contributed by atoms with E-state index in [1.54, 1.807) is 6.07 Å². The summed E-state index contributed by atoms with van der Waals surface area (Å²) in [5.41, 5.74) is 0.848. The van der Waals surface area contributed by atoms with Crippen LogP contribution in [0.2, 0.25) is 0 Å². The quantitative estimate of drug-likeness (QED) is 0.780. The third-order valence-corrected chi connectivity index (χ3v) is 2.78. The first-order valence-corrected chi connectivity index (χ1v) is 5.26. The van der Waals surface area contributed by atoms with Crippen molar-refractivity contribution in [2.24, 2.45) is 0 Å². The van der Waals surface area contributed by atoms with Gasteiger partial charge in [0.05, 0.1) is 12.7 Å². The van der Waals surface area contributed by atoms with Crippen LogP contribution in [0.1, 0.15) is 11.7 Å². The summed E-state index contributed by atoms with van der Waals surface area (Å²) >= 11 is 0. The molecular formula is C11H12FNO3. The minimum Gasteiger partial charge on any atom is -0.453 e. The van der Waals surface area contributed by atoms with Gasteiger partial charge in [-0.1, -0.05) is 0 Å². The van der Waals surface area contributed by atoms with Crippen molar-refractivity contribution in [2.45, 2.75) is 6.10 Å². The van der Waals surface area contributed by atoms with Crippen molar-refractivity contribution in [2.75, 3.05) is 26.5 Å². The van der Waals surface area contributed by atoms with Crippen molar-refractivity contribution < 1.29 is 18.6 Å². The topological polar surface area (TPSA) is 39.7 Å². The number of nitrogens with one attached hydrogen (secondary N) is 1. The third-order valence-electron chi connectivity index (χ3n) is 2.78. The molecule has 0 aliphatic carbocycles. The van der Waals surface area contributed by atoms with Gasteiger partial charge in [-0.15, -0.1) is 0 Å². The summed E-state index contributed by atoms with van der Waals surface area (Å²) < 4.78 is 29.4. The predicted molar refractivity (Wildman–Crippen MR) is 54.1 cm³/mol. The molecule has 16 heavy (non-hydrogen) atoms. The van der Waals surface area contributed by atoms with Crippen LogP contribution in [0, 0.1) is 5.82 Å². The second-order valence-electron chi connectivity index (χ2n) is 3.76. The van der Waals surface area contributed by atoms with Crippen LogP contribution in [-0.4, -0.2) is 26.5 Å². The first kappa shape index (κ1) is 9.86. The second kappa shape index (κ2) is 3.92. The van der Waals surface area contributed by atoms with Crippen molar-refractivity contribution in [3.8, 4) is 11.5 Å². The van der Waals surface area contributed by atoms with Crippen LogP contribution in [0.3, 0.4) is 0 Å². The zero-order valence-electron chi connectivity index (χ0n) is 8.66. The minimum atomic E-state index is -0.389. The molecule has 1 saturated heterocycles. The van der Waals surface area contributed by atoms with Crippen molar-refractivity contribution in [1.29, 1.82) is 0 Å². The molecule has 1 aromatic carbocycles. The minimum absolute atomic E-state index is 0.0728. The van der Waals surface area contributed by atoms with Gasteiger partial charge in [0, 0.05) is 18.7 Å². The zero-order chi connectivity index (χ0) is 11.0. The first-order chi connectivity index (χ1) is 7.86. The normalized spacial score (nSPS) is 23.4. The van der Waals surface area contributed by atoms with Gasteiger partial charge in [0.25, 0.3) is 0 Å². The molecule has 3 rings (SSSR count). The first-order valence-electron chi connectivity index (χ1n) is 5.26. The SMILES string of the molecule is Fc1ccc(C2CNCCO2)c2c1OCO2. The Labute approximate surface area is 92.3 Å². The maximum absolute atomic E-state index is 13.4. The molecule has 86 valence electrons. The van der Waals surface area contributed by atoms with Gasteiger partial charge in [0.2, 0.25) is 12.5 Å². The summed E-state index contributed by atoms with van der Waals surface area (Å²) in [5, 5.41) is 3.22. The summed E-state index contributed by atoms with van der Waals surface area (Å²) in [7, 11) is 0. The molecule has 1 aromatic rings. The van der Waals surface area contributed by atoms with E-state index in [0.717, 1.165) is 12.1 Å². The van der Waals surface area contributed by atoms with E-state index in [9.17, 15) is 4.39 Å². The van der Waals surface area contributed by atoms with E-state index >= 15 is 0 Å². The van der Waals surface area contributed by atoms with Gasteiger partial charge in [0.15, 0.2) is 11.6 Å². The Hall–Kier alpha value is -1.33. The Kier molecular flexibility index (Phi) is 2.41. The summed E-state index contributed by atoms with van der Waals surface area (Å²) in [5.74, 6) is 0.292. The highest BCUT2D eigenvalue weighted by molar-refractivity contribution is 5.50. The zero-order valence-corrected chi connectivity index (χ0v) is 8.66. The number of rotatable bonds is 1. The number of benzene rings is 1. The highest BCUT2D eigenvalue weighted by Crippen LogP contribution is 2.41. The number of hydrogen-bond donors (Lipinski definition) is 1. The van der Waals surface area contributed by atoms with Crippen LogP contribution in [0.5, 0.6) is 11.5 Å². The van der Waals surface area contributed by atoms with Gasteiger partial charge >= 0.3 is 0 Å². The van der Waals surface area contributed by atoms with Gasteiger partial charge in [-0.3, -0.25) is 0 Å². The maximum atomic E-state index is 13.4. The summed E-state index contributed by atoms with van der Waals surface area (Å²) in [6.45, 7) is 2.28. The monoisotopic (exact) mass is 225 g/mol. The molecule has 2 heterocycles. The Morgan fingerprint density at radius 3 is 2.94 bits per heavy atom. The van der Waals surface area contributed by atoms with E-state index < -0.39 is 0 Å². The Balaban J connectivity index is 1.98. The predicted octanol–water partition coefficient (Wildman–Crippen LogP) is 1.22.